The third kappa shape index (κ3) is 1.28. The second-order valence-electron chi connectivity index (χ2n) is 3.21. The van der Waals surface area contributed by atoms with Gasteiger partial charge in [0.1, 0.15) is 11.6 Å². The lowest BCUT2D eigenvalue weighted by Crippen LogP contribution is -2.02. The van der Waals surface area contributed by atoms with Crippen LogP contribution in [0.25, 0.3) is 11.0 Å². The molecule has 2 rings (SSSR count). The molecule has 0 spiro atoms. The van der Waals surface area contributed by atoms with Crippen molar-refractivity contribution in [2.24, 2.45) is 5.73 Å². The number of halogens is 2. The van der Waals surface area contributed by atoms with Crippen LogP contribution in [0.4, 0.5) is 8.78 Å². The maximum atomic E-state index is 13.2. The summed E-state index contributed by atoms with van der Waals surface area (Å²) in [5.74, 6) is -0.700. The molecule has 1 aromatic heterocycles. The molecule has 0 radical (unpaired) electrons. The van der Waals surface area contributed by atoms with E-state index in [1.54, 1.807) is 6.92 Å². The Morgan fingerprint density at radius 3 is 2.50 bits per heavy atom. The average Bonchev–Trinajstić information content (AvgIpc) is 2.57. The second-order valence-corrected chi connectivity index (χ2v) is 3.21. The molecule has 1 aromatic carbocycles. The molecule has 1 heterocycles. The molecule has 2 nitrogen and oxygen atoms in total. The molecule has 0 bridgehead atoms. The fraction of sp³-hybridized carbons (Fsp3) is 0.200. The number of benzene rings is 1. The molecule has 2 N–H and O–H groups in total. The number of rotatable bonds is 1. The second kappa shape index (κ2) is 3.06. The van der Waals surface area contributed by atoms with E-state index < -0.39 is 11.6 Å². The van der Waals surface area contributed by atoms with Crippen molar-refractivity contribution in [2.75, 3.05) is 0 Å². The first-order valence-corrected chi connectivity index (χ1v) is 4.22. The average molecular weight is 197 g/mol. The molecule has 0 aliphatic carbocycles. The van der Waals surface area contributed by atoms with E-state index in [-0.39, 0.29) is 17.0 Å². The molecule has 1 unspecified atom stereocenters. The van der Waals surface area contributed by atoms with Gasteiger partial charge in [-0.1, -0.05) is 0 Å². The predicted octanol–water partition coefficient (Wildman–Crippen LogP) is 2.73. The van der Waals surface area contributed by atoms with Crippen molar-refractivity contribution in [3.05, 3.63) is 35.6 Å². The fourth-order valence-corrected chi connectivity index (χ4v) is 1.30. The zero-order valence-corrected chi connectivity index (χ0v) is 7.55. The Hall–Kier alpha value is -1.42. The number of hydrogen-bond donors (Lipinski definition) is 1. The summed E-state index contributed by atoms with van der Waals surface area (Å²) in [6.45, 7) is 1.69. The molecule has 74 valence electrons. The smallest absolute Gasteiger partial charge is 0.172 e. The minimum atomic E-state index is -0.576. The quantitative estimate of drug-likeness (QED) is 0.763. The van der Waals surface area contributed by atoms with Gasteiger partial charge in [-0.05, 0) is 25.1 Å². The van der Waals surface area contributed by atoms with Crippen LogP contribution in [0.15, 0.2) is 22.6 Å². The maximum Gasteiger partial charge on any atom is 0.172 e. The summed E-state index contributed by atoms with van der Waals surface area (Å²) in [4.78, 5) is 0. The fourth-order valence-electron chi connectivity index (χ4n) is 1.30. The van der Waals surface area contributed by atoms with Gasteiger partial charge in [0, 0.05) is 0 Å². The van der Waals surface area contributed by atoms with Crippen molar-refractivity contribution < 1.29 is 13.2 Å². The zero-order chi connectivity index (χ0) is 10.3. The Morgan fingerprint density at radius 1 is 1.29 bits per heavy atom. The van der Waals surface area contributed by atoms with Gasteiger partial charge in [-0.3, -0.25) is 0 Å². The summed E-state index contributed by atoms with van der Waals surface area (Å²) in [7, 11) is 0. The van der Waals surface area contributed by atoms with Crippen molar-refractivity contribution >= 4 is 11.0 Å². The molecule has 0 fully saturated rings. The summed E-state index contributed by atoms with van der Waals surface area (Å²) in [5, 5.41) is 0.136. The molecule has 0 saturated heterocycles. The number of hydrogen-bond acceptors (Lipinski definition) is 2. The number of furan rings is 1. The molecule has 2 aromatic rings. The van der Waals surface area contributed by atoms with Crippen molar-refractivity contribution in [3.8, 4) is 0 Å². The molecule has 1 atom stereocenters. The lowest BCUT2D eigenvalue weighted by molar-refractivity contribution is 0.492. The molecule has 0 aliphatic heterocycles. The van der Waals surface area contributed by atoms with E-state index in [1.165, 1.54) is 6.07 Å². The van der Waals surface area contributed by atoms with Crippen LogP contribution in [0.3, 0.4) is 0 Å². The molecule has 0 aliphatic rings. The first-order valence-electron chi connectivity index (χ1n) is 4.22. The van der Waals surface area contributed by atoms with Gasteiger partial charge in [0.15, 0.2) is 11.4 Å². The van der Waals surface area contributed by atoms with Crippen molar-refractivity contribution in [3.63, 3.8) is 0 Å². The summed E-state index contributed by atoms with van der Waals surface area (Å²) >= 11 is 0. The van der Waals surface area contributed by atoms with Crippen molar-refractivity contribution in [2.45, 2.75) is 13.0 Å². The van der Waals surface area contributed by atoms with E-state index in [4.69, 9.17) is 10.2 Å². The van der Waals surface area contributed by atoms with Gasteiger partial charge in [-0.2, -0.15) is 0 Å². The molecule has 4 heteroatoms. The monoisotopic (exact) mass is 197 g/mol. The highest BCUT2D eigenvalue weighted by Crippen LogP contribution is 2.27. The van der Waals surface area contributed by atoms with Crippen LogP contribution >= 0.6 is 0 Å². The minimum absolute atomic E-state index is 0.0719. The third-order valence-electron chi connectivity index (χ3n) is 2.05. The van der Waals surface area contributed by atoms with Gasteiger partial charge in [0.2, 0.25) is 0 Å². The molecule has 14 heavy (non-hydrogen) atoms. The first-order chi connectivity index (χ1) is 6.59. The van der Waals surface area contributed by atoms with Gasteiger partial charge in [-0.25, -0.2) is 8.78 Å². The summed E-state index contributed by atoms with van der Waals surface area (Å²) in [6.07, 6.45) is 0. The highest BCUT2D eigenvalue weighted by Gasteiger charge is 2.14. The first kappa shape index (κ1) is 9.15. The normalized spacial score (nSPS) is 13.4. The van der Waals surface area contributed by atoms with E-state index in [9.17, 15) is 8.78 Å². The summed E-state index contributed by atoms with van der Waals surface area (Å²) in [5.41, 5.74) is 5.47. The zero-order valence-electron chi connectivity index (χ0n) is 7.55. The third-order valence-corrected chi connectivity index (χ3v) is 2.05. The van der Waals surface area contributed by atoms with Crippen LogP contribution in [0.2, 0.25) is 0 Å². The van der Waals surface area contributed by atoms with Crippen molar-refractivity contribution in [1.82, 2.24) is 0 Å². The lowest BCUT2D eigenvalue weighted by atomic mass is 10.2. The summed E-state index contributed by atoms with van der Waals surface area (Å²) in [6, 6.07) is 3.16. The molecule has 0 amide bonds. The Morgan fingerprint density at radius 2 is 1.93 bits per heavy atom. The van der Waals surface area contributed by atoms with E-state index in [0.29, 0.717) is 5.76 Å². The number of nitrogens with two attached hydrogens (primary N) is 1. The largest absolute Gasteiger partial charge is 0.456 e. The van der Waals surface area contributed by atoms with E-state index >= 15 is 0 Å². The Balaban J connectivity index is 2.75. The molecular weight excluding hydrogens is 188 g/mol. The van der Waals surface area contributed by atoms with Crippen LogP contribution in [0, 0.1) is 11.6 Å². The SMILES string of the molecule is CC(N)c1cc2c(F)ccc(F)c2o1. The topological polar surface area (TPSA) is 39.2 Å². The van der Waals surface area contributed by atoms with Crippen LogP contribution in [-0.2, 0) is 0 Å². The highest BCUT2D eigenvalue weighted by atomic mass is 19.1. The van der Waals surface area contributed by atoms with Gasteiger partial charge in [0.25, 0.3) is 0 Å². The highest BCUT2D eigenvalue weighted by molar-refractivity contribution is 5.79. The van der Waals surface area contributed by atoms with Gasteiger partial charge >= 0.3 is 0 Å². The van der Waals surface area contributed by atoms with E-state index in [2.05, 4.69) is 0 Å². The van der Waals surface area contributed by atoms with Crippen LogP contribution in [-0.4, -0.2) is 0 Å². The Labute approximate surface area is 79.3 Å². The minimum Gasteiger partial charge on any atom is -0.456 e. The Kier molecular flexibility index (Phi) is 2.00. The van der Waals surface area contributed by atoms with Gasteiger partial charge in [0.05, 0.1) is 11.4 Å². The summed E-state index contributed by atoms with van der Waals surface area (Å²) < 4.78 is 31.4. The van der Waals surface area contributed by atoms with Crippen molar-refractivity contribution in [1.29, 1.82) is 0 Å². The standard InChI is InChI=1S/C10H9F2NO/c1-5(13)9-4-6-7(11)2-3-8(12)10(6)14-9/h2-5H,13H2,1H3. The van der Waals surface area contributed by atoms with Gasteiger partial charge in [-0.15, -0.1) is 0 Å². The van der Waals surface area contributed by atoms with Crippen LogP contribution in [0.1, 0.15) is 18.7 Å². The number of fused-ring (bicyclic) bond motifs is 1. The maximum absolute atomic E-state index is 13.2. The van der Waals surface area contributed by atoms with Gasteiger partial charge < -0.3 is 10.2 Å². The lowest BCUT2D eigenvalue weighted by Gasteiger charge is -1.96. The van der Waals surface area contributed by atoms with E-state index in [1.807, 2.05) is 0 Å². The van der Waals surface area contributed by atoms with Crippen LogP contribution in [0.5, 0.6) is 0 Å². The molecule has 0 saturated carbocycles. The van der Waals surface area contributed by atoms with Crippen LogP contribution < -0.4 is 5.73 Å². The van der Waals surface area contributed by atoms with E-state index in [0.717, 1.165) is 12.1 Å². The molecular formula is C10H9F2NO. The Bertz CT molecular complexity index is 437. The predicted molar refractivity (Wildman–Crippen MR) is 48.7 cm³/mol.